The predicted octanol–water partition coefficient (Wildman–Crippen LogP) is 1.55. The molecule has 0 saturated heterocycles. The maximum absolute atomic E-state index is 10.9. The molecule has 0 aliphatic heterocycles. The van der Waals surface area contributed by atoms with E-state index >= 15 is 0 Å². The van der Waals surface area contributed by atoms with Crippen molar-refractivity contribution in [2.24, 2.45) is 5.73 Å². The third-order valence-electron chi connectivity index (χ3n) is 2.04. The van der Waals surface area contributed by atoms with E-state index in [-0.39, 0.29) is 0 Å². The molecule has 1 amide bonds. The average Bonchev–Trinajstić information content (AvgIpc) is 2.26. The molecule has 1 aromatic rings. The molecule has 0 atom stereocenters. The second-order valence-corrected chi connectivity index (χ2v) is 3.61. The van der Waals surface area contributed by atoms with Crippen LogP contribution in [0.15, 0.2) is 18.2 Å². The van der Waals surface area contributed by atoms with Gasteiger partial charge in [-0.1, -0.05) is 23.6 Å². The highest BCUT2D eigenvalue weighted by atomic mass is 35.5. The van der Waals surface area contributed by atoms with Crippen molar-refractivity contribution in [1.29, 1.82) is 0 Å². The van der Waals surface area contributed by atoms with Crippen molar-refractivity contribution in [1.82, 2.24) is 5.32 Å². The van der Waals surface area contributed by atoms with Crippen LogP contribution in [-0.2, 0) is 6.54 Å². The molecular weight excluding hydrogens is 224 g/mol. The van der Waals surface area contributed by atoms with Gasteiger partial charge in [-0.05, 0) is 24.6 Å². The molecule has 1 aromatic carbocycles. The zero-order valence-corrected chi connectivity index (χ0v) is 9.77. The van der Waals surface area contributed by atoms with Crippen LogP contribution in [0.25, 0.3) is 0 Å². The minimum atomic E-state index is -0.474. The molecule has 0 fully saturated rings. The summed E-state index contributed by atoms with van der Waals surface area (Å²) < 4.78 is 0. The molecule has 84 valence electrons. The zero-order chi connectivity index (χ0) is 12.0. The number of carbonyl (C=O) groups is 1. The molecule has 16 heavy (non-hydrogen) atoms. The maximum atomic E-state index is 10.9. The van der Waals surface area contributed by atoms with E-state index in [0.717, 1.165) is 5.56 Å². The van der Waals surface area contributed by atoms with Crippen molar-refractivity contribution >= 4 is 17.5 Å². The summed E-state index contributed by atoms with van der Waals surface area (Å²) in [5.74, 6) is 5.20. The summed E-state index contributed by atoms with van der Waals surface area (Å²) in [6.07, 6.45) is 0. The summed E-state index contributed by atoms with van der Waals surface area (Å²) >= 11 is 6.00. The lowest BCUT2D eigenvalue weighted by atomic mass is 10.1. The summed E-state index contributed by atoms with van der Waals surface area (Å²) in [7, 11) is 0. The number of hydrogen-bond donors (Lipinski definition) is 2. The summed E-state index contributed by atoms with van der Waals surface area (Å²) in [6, 6.07) is 5.03. The molecule has 4 heteroatoms. The highest BCUT2D eigenvalue weighted by Crippen LogP contribution is 2.17. The number of primary amides is 1. The number of nitrogens with two attached hydrogens (primary N) is 1. The van der Waals surface area contributed by atoms with E-state index in [1.807, 2.05) is 0 Å². The van der Waals surface area contributed by atoms with Gasteiger partial charge in [-0.15, -0.1) is 5.92 Å². The van der Waals surface area contributed by atoms with Gasteiger partial charge in [0.2, 0.25) is 5.91 Å². The van der Waals surface area contributed by atoms with Crippen LogP contribution in [0.1, 0.15) is 22.8 Å². The molecule has 0 spiro atoms. The van der Waals surface area contributed by atoms with E-state index in [0.29, 0.717) is 23.7 Å². The summed E-state index contributed by atoms with van der Waals surface area (Å²) in [4.78, 5) is 10.9. The van der Waals surface area contributed by atoms with E-state index < -0.39 is 5.91 Å². The Morgan fingerprint density at radius 2 is 2.31 bits per heavy atom. The van der Waals surface area contributed by atoms with Gasteiger partial charge in [-0.2, -0.15) is 0 Å². The molecule has 0 saturated carbocycles. The third kappa shape index (κ3) is 3.58. The van der Waals surface area contributed by atoms with Crippen molar-refractivity contribution < 1.29 is 4.79 Å². The van der Waals surface area contributed by atoms with Crippen molar-refractivity contribution in [3.05, 3.63) is 34.3 Å². The minimum Gasteiger partial charge on any atom is -0.366 e. The summed E-state index contributed by atoms with van der Waals surface area (Å²) in [5.41, 5.74) is 6.48. The van der Waals surface area contributed by atoms with Crippen LogP contribution < -0.4 is 11.1 Å². The van der Waals surface area contributed by atoms with Crippen LogP contribution in [0.2, 0.25) is 5.02 Å². The molecule has 0 unspecified atom stereocenters. The van der Waals surface area contributed by atoms with Gasteiger partial charge in [-0.25, -0.2) is 0 Å². The first-order valence-corrected chi connectivity index (χ1v) is 5.21. The molecule has 0 bridgehead atoms. The van der Waals surface area contributed by atoms with Crippen molar-refractivity contribution in [2.75, 3.05) is 6.54 Å². The number of nitrogens with one attached hydrogen (secondary N) is 1. The number of benzene rings is 1. The fourth-order valence-corrected chi connectivity index (χ4v) is 1.44. The lowest BCUT2D eigenvalue weighted by molar-refractivity contribution is 0.100. The molecule has 0 radical (unpaired) electrons. The average molecular weight is 237 g/mol. The lowest BCUT2D eigenvalue weighted by Crippen LogP contribution is -2.15. The van der Waals surface area contributed by atoms with Crippen LogP contribution in [0.4, 0.5) is 0 Å². The monoisotopic (exact) mass is 236 g/mol. The van der Waals surface area contributed by atoms with Gasteiger partial charge in [0.15, 0.2) is 0 Å². The molecule has 0 heterocycles. The SMILES string of the molecule is CC#CCNCc1ccc(C(N)=O)cc1Cl. The van der Waals surface area contributed by atoms with Gasteiger partial charge >= 0.3 is 0 Å². The molecule has 0 aliphatic carbocycles. The van der Waals surface area contributed by atoms with E-state index in [9.17, 15) is 4.79 Å². The highest BCUT2D eigenvalue weighted by molar-refractivity contribution is 6.31. The molecule has 1 rings (SSSR count). The first kappa shape index (κ1) is 12.6. The van der Waals surface area contributed by atoms with Gasteiger partial charge in [0, 0.05) is 17.1 Å². The van der Waals surface area contributed by atoms with Gasteiger partial charge in [0.05, 0.1) is 6.54 Å². The van der Waals surface area contributed by atoms with Gasteiger partial charge in [-0.3, -0.25) is 4.79 Å². The number of amides is 1. The van der Waals surface area contributed by atoms with Gasteiger partial charge in [0.25, 0.3) is 0 Å². The Hall–Kier alpha value is -1.50. The second kappa shape index (κ2) is 6.16. The number of halogens is 1. The van der Waals surface area contributed by atoms with E-state index in [2.05, 4.69) is 17.2 Å². The smallest absolute Gasteiger partial charge is 0.248 e. The van der Waals surface area contributed by atoms with Crippen molar-refractivity contribution in [3.8, 4) is 11.8 Å². The van der Waals surface area contributed by atoms with Crippen LogP contribution in [0, 0.1) is 11.8 Å². The summed E-state index contributed by atoms with van der Waals surface area (Å²) in [6.45, 7) is 3.02. The first-order valence-electron chi connectivity index (χ1n) is 4.83. The Morgan fingerprint density at radius 1 is 1.56 bits per heavy atom. The van der Waals surface area contributed by atoms with E-state index in [4.69, 9.17) is 17.3 Å². The first-order chi connectivity index (χ1) is 7.65. The highest BCUT2D eigenvalue weighted by Gasteiger charge is 2.04. The molecule has 0 aromatic heterocycles. The fourth-order valence-electron chi connectivity index (χ4n) is 1.19. The topological polar surface area (TPSA) is 55.1 Å². The molecule has 3 nitrogen and oxygen atoms in total. The predicted molar refractivity (Wildman–Crippen MR) is 65.1 cm³/mol. The largest absolute Gasteiger partial charge is 0.366 e. The summed E-state index contributed by atoms with van der Waals surface area (Å²) in [5, 5.41) is 3.65. The van der Waals surface area contributed by atoms with Crippen LogP contribution in [0.5, 0.6) is 0 Å². The van der Waals surface area contributed by atoms with Crippen LogP contribution in [0.3, 0.4) is 0 Å². The number of rotatable bonds is 4. The Bertz CT molecular complexity index is 446. The van der Waals surface area contributed by atoms with Gasteiger partial charge < -0.3 is 11.1 Å². The molecule has 3 N–H and O–H groups in total. The molecule has 0 aliphatic rings. The fraction of sp³-hybridized carbons (Fsp3) is 0.250. The Labute approximate surface area is 100.0 Å². The Morgan fingerprint density at radius 3 is 2.88 bits per heavy atom. The normalized spacial score (nSPS) is 9.38. The second-order valence-electron chi connectivity index (χ2n) is 3.20. The van der Waals surface area contributed by atoms with Crippen molar-refractivity contribution in [3.63, 3.8) is 0 Å². The van der Waals surface area contributed by atoms with Gasteiger partial charge in [0.1, 0.15) is 0 Å². The standard InChI is InChI=1S/C12H13ClN2O/c1-2-3-6-15-8-10-5-4-9(12(14)16)7-11(10)13/h4-5,7,15H,6,8H2,1H3,(H2,14,16). The maximum Gasteiger partial charge on any atom is 0.248 e. The number of hydrogen-bond acceptors (Lipinski definition) is 2. The van der Waals surface area contributed by atoms with E-state index in [1.165, 1.54) is 0 Å². The zero-order valence-electron chi connectivity index (χ0n) is 9.01. The molecular formula is C12H13ClN2O. The Kier molecular flexibility index (Phi) is 4.84. The quantitative estimate of drug-likeness (QED) is 0.616. The lowest BCUT2D eigenvalue weighted by Gasteiger charge is -2.05. The van der Waals surface area contributed by atoms with Crippen LogP contribution >= 0.6 is 11.6 Å². The van der Waals surface area contributed by atoms with E-state index in [1.54, 1.807) is 25.1 Å². The minimum absolute atomic E-state index is 0.419. The van der Waals surface area contributed by atoms with Crippen LogP contribution in [-0.4, -0.2) is 12.5 Å². The third-order valence-corrected chi connectivity index (χ3v) is 2.40. The Balaban J connectivity index is 2.67. The van der Waals surface area contributed by atoms with Crippen molar-refractivity contribution in [2.45, 2.75) is 13.5 Å². The number of carbonyl (C=O) groups excluding carboxylic acids is 1.